The molecule has 4 rings (SSSR count). The summed E-state index contributed by atoms with van der Waals surface area (Å²) in [6.07, 6.45) is 0. The van der Waals surface area contributed by atoms with Crippen molar-refractivity contribution >= 4 is 30.3 Å². The third-order valence-corrected chi connectivity index (χ3v) is 5.48. The molecule has 0 bridgehead atoms. The smallest absolute Gasteiger partial charge is 0.106 e. The molecular formula is C25H22OS2. The number of carbonyl (C=O) groups excluding carboxylic acids is 1. The molecule has 0 spiro atoms. The fraction of sp³-hybridized carbons (Fsp3) is 0. The summed E-state index contributed by atoms with van der Waals surface area (Å²) >= 11 is 3.58. The van der Waals surface area contributed by atoms with Gasteiger partial charge in [0.2, 0.25) is 0 Å². The summed E-state index contributed by atoms with van der Waals surface area (Å²) in [4.78, 5) is 13.1. The Balaban J connectivity index is 0.000000184. The van der Waals surface area contributed by atoms with Gasteiger partial charge in [-0.25, -0.2) is 0 Å². The fourth-order valence-corrected chi connectivity index (χ4v) is 3.94. The monoisotopic (exact) mass is 402 g/mol. The first-order valence-electron chi connectivity index (χ1n) is 8.75. The van der Waals surface area contributed by atoms with Gasteiger partial charge in [0.05, 0.1) is 0 Å². The fourth-order valence-electron chi connectivity index (χ4n) is 2.23. The molecule has 0 aromatic heterocycles. The van der Waals surface area contributed by atoms with Gasteiger partial charge in [0.15, 0.2) is 0 Å². The predicted octanol–water partition coefficient (Wildman–Crippen LogP) is 7.49. The summed E-state index contributed by atoms with van der Waals surface area (Å²) < 4.78 is 0. The second-order valence-corrected chi connectivity index (χ2v) is 7.75. The molecule has 0 saturated heterocycles. The van der Waals surface area contributed by atoms with Crippen molar-refractivity contribution in [2.75, 3.05) is 0 Å². The predicted molar refractivity (Wildman–Crippen MR) is 121 cm³/mol. The molecule has 0 N–H and O–H groups in total. The van der Waals surface area contributed by atoms with E-state index < -0.39 is 0 Å². The van der Waals surface area contributed by atoms with Crippen molar-refractivity contribution in [2.45, 2.75) is 19.6 Å². The van der Waals surface area contributed by atoms with E-state index in [1.807, 2.05) is 31.1 Å². The molecule has 0 radical (unpaired) electrons. The van der Waals surface area contributed by atoms with Crippen molar-refractivity contribution in [1.29, 1.82) is 0 Å². The highest BCUT2D eigenvalue weighted by molar-refractivity contribution is 7.99. The average Bonchev–Trinajstić information content (AvgIpc) is 2.79. The maximum atomic E-state index is 8.00. The van der Waals surface area contributed by atoms with Crippen molar-refractivity contribution in [2.24, 2.45) is 0 Å². The van der Waals surface area contributed by atoms with Crippen LogP contribution in [0.2, 0.25) is 0 Å². The first-order chi connectivity index (χ1) is 13.9. The highest BCUT2D eigenvalue weighted by Crippen LogP contribution is 2.27. The second-order valence-electron chi connectivity index (χ2n) is 5.46. The van der Waals surface area contributed by atoms with Crippen molar-refractivity contribution < 1.29 is 4.79 Å². The highest BCUT2D eigenvalue weighted by Gasteiger charge is 1.94. The van der Waals surface area contributed by atoms with E-state index in [-0.39, 0.29) is 0 Å². The van der Waals surface area contributed by atoms with Crippen LogP contribution in [0, 0.1) is 0 Å². The quantitative estimate of drug-likeness (QED) is 0.352. The van der Waals surface area contributed by atoms with Gasteiger partial charge in [0.1, 0.15) is 6.79 Å². The largest absolute Gasteiger partial charge is 0.307 e. The van der Waals surface area contributed by atoms with E-state index in [2.05, 4.69) is 97.1 Å². The lowest BCUT2D eigenvalue weighted by Crippen LogP contribution is -1.70. The van der Waals surface area contributed by atoms with Crippen LogP contribution in [0.5, 0.6) is 0 Å². The molecule has 0 aliphatic heterocycles. The lowest BCUT2D eigenvalue weighted by atomic mass is 10.4. The zero-order valence-electron chi connectivity index (χ0n) is 15.5. The summed E-state index contributed by atoms with van der Waals surface area (Å²) in [6.45, 7) is 2.00. The van der Waals surface area contributed by atoms with E-state index in [9.17, 15) is 0 Å². The first-order valence-corrected chi connectivity index (χ1v) is 10.4. The van der Waals surface area contributed by atoms with Gasteiger partial charge < -0.3 is 4.79 Å². The standard InChI is InChI=1S/2C12H10S.CH2O/c2*1-3-7-11(8-4-1)13-12-9-5-2-6-10-12;1-2/h2*1-10H;1H2. The van der Waals surface area contributed by atoms with Crippen LogP contribution in [0.4, 0.5) is 0 Å². The third-order valence-electron chi connectivity index (χ3n) is 3.44. The minimum Gasteiger partial charge on any atom is -0.307 e. The summed E-state index contributed by atoms with van der Waals surface area (Å²) in [5, 5.41) is 0. The lowest BCUT2D eigenvalue weighted by Gasteiger charge is -1.99. The first kappa shape index (κ1) is 21.5. The zero-order valence-corrected chi connectivity index (χ0v) is 17.1. The van der Waals surface area contributed by atoms with E-state index >= 15 is 0 Å². The Kier molecular flexibility index (Phi) is 10.3. The molecule has 0 fully saturated rings. The maximum absolute atomic E-state index is 8.00. The highest BCUT2D eigenvalue weighted by atomic mass is 32.2. The molecule has 1 nitrogen and oxygen atoms in total. The Bertz CT molecular complexity index is 731. The van der Waals surface area contributed by atoms with Gasteiger partial charge in [0.25, 0.3) is 0 Å². The van der Waals surface area contributed by atoms with Gasteiger partial charge in [-0.15, -0.1) is 0 Å². The van der Waals surface area contributed by atoms with Crippen molar-refractivity contribution in [1.82, 2.24) is 0 Å². The molecule has 4 aromatic rings. The van der Waals surface area contributed by atoms with E-state index in [4.69, 9.17) is 4.79 Å². The number of hydrogen-bond donors (Lipinski definition) is 0. The van der Waals surface area contributed by atoms with E-state index in [1.165, 1.54) is 19.6 Å². The Morgan fingerprint density at radius 3 is 0.714 bits per heavy atom. The third kappa shape index (κ3) is 8.30. The lowest BCUT2D eigenvalue weighted by molar-refractivity contribution is -0.0979. The molecule has 0 atom stereocenters. The number of benzene rings is 4. The number of carbonyl (C=O) groups is 1. The van der Waals surface area contributed by atoms with E-state index in [1.54, 1.807) is 23.5 Å². The van der Waals surface area contributed by atoms with Crippen LogP contribution in [0.25, 0.3) is 0 Å². The van der Waals surface area contributed by atoms with Crippen LogP contribution in [0.15, 0.2) is 141 Å². The molecule has 0 aliphatic rings. The SMILES string of the molecule is C=O.c1ccc(Sc2ccccc2)cc1.c1ccc(Sc2ccccc2)cc1. The molecular weight excluding hydrogens is 380 g/mol. The Hall–Kier alpha value is -2.75. The van der Waals surface area contributed by atoms with Crippen molar-refractivity contribution in [3.05, 3.63) is 121 Å². The minimum atomic E-state index is 1.29. The molecule has 0 heterocycles. The Morgan fingerprint density at radius 1 is 0.357 bits per heavy atom. The van der Waals surface area contributed by atoms with Gasteiger partial charge in [-0.1, -0.05) is 96.3 Å². The summed E-state index contributed by atoms with van der Waals surface area (Å²) in [5.41, 5.74) is 0. The zero-order chi connectivity index (χ0) is 19.9. The molecule has 0 unspecified atom stereocenters. The van der Waals surface area contributed by atoms with Gasteiger partial charge >= 0.3 is 0 Å². The Morgan fingerprint density at radius 2 is 0.536 bits per heavy atom. The summed E-state index contributed by atoms with van der Waals surface area (Å²) in [6, 6.07) is 41.6. The van der Waals surface area contributed by atoms with Gasteiger partial charge in [-0.3, -0.25) is 0 Å². The molecule has 0 amide bonds. The second kappa shape index (κ2) is 13.4. The molecule has 140 valence electrons. The van der Waals surface area contributed by atoms with Crippen molar-refractivity contribution in [3.63, 3.8) is 0 Å². The van der Waals surface area contributed by atoms with Crippen LogP contribution < -0.4 is 0 Å². The van der Waals surface area contributed by atoms with Gasteiger partial charge in [-0.2, -0.15) is 0 Å². The molecule has 0 saturated carbocycles. The van der Waals surface area contributed by atoms with E-state index in [0.717, 1.165) is 0 Å². The summed E-state index contributed by atoms with van der Waals surface area (Å²) in [5.74, 6) is 0. The molecule has 28 heavy (non-hydrogen) atoms. The molecule has 3 heteroatoms. The Labute approximate surface area is 175 Å². The number of rotatable bonds is 4. The van der Waals surface area contributed by atoms with Gasteiger partial charge in [-0.05, 0) is 48.5 Å². The van der Waals surface area contributed by atoms with E-state index in [0.29, 0.717) is 0 Å². The van der Waals surface area contributed by atoms with Crippen LogP contribution in [0.3, 0.4) is 0 Å². The van der Waals surface area contributed by atoms with Crippen molar-refractivity contribution in [3.8, 4) is 0 Å². The van der Waals surface area contributed by atoms with Crippen LogP contribution >= 0.6 is 23.5 Å². The normalized spacial score (nSPS) is 9.29. The minimum absolute atomic E-state index is 1.29. The topological polar surface area (TPSA) is 17.1 Å². The maximum Gasteiger partial charge on any atom is 0.106 e. The van der Waals surface area contributed by atoms with Crippen LogP contribution in [-0.4, -0.2) is 6.79 Å². The summed E-state index contributed by atoms with van der Waals surface area (Å²) in [7, 11) is 0. The van der Waals surface area contributed by atoms with Crippen LogP contribution in [-0.2, 0) is 4.79 Å². The van der Waals surface area contributed by atoms with Gasteiger partial charge in [0, 0.05) is 19.6 Å². The molecule has 0 aliphatic carbocycles. The molecule has 4 aromatic carbocycles. The van der Waals surface area contributed by atoms with Crippen LogP contribution in [0.1, 0.15) is 0 Å². The number of hydrogen-bond acceptors (Lipinski definition) is 3. The average molecular weight is 403 g/mol.